The average molecular weight is 537 g/mol. The molecule has 168 valence electrons. The summed E-state index contributed by atoms with van der Waals surface area (Å²) in [4.78, 5) is 15.1. The number of rotatable bonds is 6. The molecule has 3 aromatic carbocycles. The van der Waals surface area contributed by atoms with E-state index in [0.717, 1.165) is 5.56 Å². The van der Waals surface area contributed by atoms with Crippen LogP contribution in [0, 0.1) is 0 Å². The molecule has 0 aromatic heterocycles. The van der Waals surface area contributed by atoms with Crippen molar-refractivity contribution in [2.75, 3.05) is 12.0 Å². The van der Waals surface area contributed by atoms with Crippen LogP contribution >= 0.6 is 58.8 Å². The van der Waals surface area contributed by atoms with E-state index in [-0.39, 0.29) is 5.91 Å². The summed E-state index contributed by atoms with van der Waals surface area (Å²) in [5.41, 5.74) is 2.11. The van der Waals surface area contributed by atoms with Gasteiger partial charge in [-0.15, -0.1) is 0 Å². The fraction of sp³-hybridized carbons (Fsp3) is 0.0833. The van der Waals surface area contributed by atoms with E-state index in [0.29, 0.717) is 53.7 Å². The van der Waals surface area contributed by atoms with Crippen molar-refractivity contribution in [3.05, 3.63) is 91.8 Å². The van der Waals surface area contributed by atoms with Gasteiger partial charge < -0.3 is 9.47 Å². The number of halogens is 3. The molecule has 1 aliphatic rings. The molecule has 1 aliphatic heterocycles. The van der Waals surface area contributed by atoms with Gasteiger partial charge in [-0.05, 0) is 48.0 Å². The molecule has 1 amide bonds. The van der Waals surface area contributed by atoms with Crippen LogP contribution in [0.15, 0.2) is 65.6 Å². The topological polar surface area (TPSA) is 38.8 Å². The number of thioether (sulfide) groups is 1. The van der Waals surface area contributed by atoms with Gasteiger partial charge >= 0.3 is 0 Å². The Morgan fingerprint density at radius 1 is 1.03 bits per heavy atom. The molecule has 4 nitrogen and oxygen atoms in total. The van der Waals surface area contributed by atoms with E-state index in [1.807, 2.05) is 24.3 Å². The van der Waals surface area contributed by atoms with Crippen LogP contribution in [0.5, 0.6) is 11.5 Å². The average Bonchev–Trinajstić information content (AvgIpc) is 3.06. The fourth-order valence-corrected chi connectivity index (χ4v) is 5.07. The number of benzene rings is 3. The molecule has 1 saturated heterocycles. The number of ether oxygens (including phenoxy) is 2. The number of thiocarbonyl (C=S) groups is 1. The molecule has 3 aromatic rings. The molecule has 0 N–H and O–H groups in total. The first-order valence-corrected chi connectivity index (χ1v) is 12.0. The summed E-state index contributed by atoms with van der Waals surface area (Å²) in [6, 6.07) is 17.8. The number of carbonyl (C=O) groups excluding carboxylic acids is 1. The Bertz CT molecular complexity index is 1260. The Morgan fingerprint density at radius 2 is 1.76 bits per heavy atom. The molecule has 1 heterocycles. The Kier molecular flexibility index (Phi) is 7.51. The standard InChI is InChI=1S/C24H16Cl3NO3S2/c1-30-20-4-2-3-15(22(20)31-13-14-5-7-16(25)8-6-14)11-21-23(29)28(24(32)33-21)19-10-9-17(26)12-18(19)27/h2-12H,13H2,1H3/b21-11-. The maximum atomic E-state index is 13.2. The van der Waals surface area contributed by atoms with Crippen LogP contribution in [0.1, 0.15) is 11.1 Å². The van der Waals surface area contributed by atoms with Gasteiger partial charge in [-0.2, -0.15) is 0 Å². The van der Waals surface area contributed by atoms with Crippen molar-refractivity contribution < 1.29 is 14.3 Å². The maximum absolute atomic E-state index is 13.2. The third-order valence-corrected chi connectivity index (χ3v) is 6.85. The summed E-state index contributed by atoms with van der Waals surface area (Å²) in [6.07, 6.45) is 1.74. The van der Waals surface area contributed by atoms with Crippen LogP contribution in [0.4, 0.5) is 5.69 Å². The van der Waals surface area contributed by atoms with E-state index in [1.54, 1.807) is 49.6 Å². The minimum Gasteiger partial charge on any atom is -0.493 e. The molecule has 9 heteroatoms. The largest absolute Gasteiger partial charge is 0.493 e. The molecule has 0 unspecified atom stereocenters. The van der Waals surface area contributed by atoms with E-state index in [2.05, 4.69) is 0 Å². The summed E-state index contributed by atoms with van der Waals surface area (Å²) >= 11 is 24.9. The van der Waals surface area contributed by atoms with Crippen molar-refractivity contribution in [3.8, 4) is 11.5 Å². The van der Waals surface area contributed by atoms with Gasteiger partial charge in [0, 0.05) is 15.6 Å². The lowest BCUT2D eigenvalue weighted by Gasteiger charge is -2.16. The summed E-state index contributed by atoms with van der Waals surface area (Å²) < 4.78 is 12.0. The lowest BCUT2D eigenvalue weighted by atomic mass is 10.1. The monoisotopic (exact) mass is 535 g/mol. The number of hydrogen-bond donors (Lipinski definition) is 0. The quantitative estimate of drug-likeness (QED) is 0.239. The summed E-state index contributed by atoms with van der Waals surface area (Å²) in [5, 5.41) is 1.47. The molecule has 0 saturated carbocycles. The second kappa shape index (κ2) is 10.4. The molecular weight excluding hydrogens is 521 g/mol. The van der Waals surface area contributed by atoms with Crippen LogP contribution in [0.2, 0.25) is 15.1 Å². The highest BCUT2D eigenvalue weighted by Crippen LogP contribution is 2.41. The van der Waals surface area contributed by atoms with Gasteiger partial charge in [0.1, 0.15) is 6.61 Å². The molecule has 33 heavy (non-hydrogen) atoms. The third kappa shape index (κ3) is 5.31. The second-order valence-corrected chi connectivity index (χ2v) is 9.86. The number of methoxy groups -OCH3 is 1. The predicted molar refractivity (Wildman–Crippen MR) is 141 cm³/mol. The number of carbonyl (C=O) groups is 1. The van der Waals surface area contributed by atoms with Crippen molar-refractivity contribution in [2.24, 2.45) is 0 Å². The Balaban J connectivity index is 1.65. The van der Waals surface area contributed by atoms with E-state index in [9.17, 15) is 4.79 Å². The first-order valence-electron chi connectivity index (χ1n) is 9.64. The summed E-state index contributed by atoms with van der Waals surface area (Å²) in [5.74, 6) is 0.791. The zero-order chi connectivity index (χ0) is 23.5. The summed E-state index contributed by atoms with van der Waals surface area (Å²) in [7, 11) is 1.57. The van der Waals surface area contributed by atoms with Crippen LogP contribution < -0.4 is 14.4 Å². The molecule has 0 radical (unpaired) electrons. The minimum atomic E-state index is -0.277. The molecule has 0 spiro atoms. The second-order valence-electron chi connectivity index (χ2n) is 6.91. The van der Waals surface area contributed by atoms with Gasteiger partial charge in [0.05, 0.1) is 22.7 Å². The van der Waals surface area contributed by atoms with Gasteiger partial charge in [-0.1, -0.05) is 83.0 Å². The predicted octanol–water partition coefficient (Wildman–Crippen LogP) is 7.64. The van der Waals surface area contributed by atoms with Crippen molar-refractivity contribution in [2.45, 2.75) is 6.61 Å². The first kappa shape index (κ1) is 23.9. The molecular formula is C24H16Cl3NO3S2. The van der Waals surface area contributed by atoms with Crippen LogP contribution in [0.3, 0.4) is 0 Å². The maximum Gasteiger partial charge on any atom is 0.270 e. The van der Waals surface area contributed by atoms with E-state index in [4.69, 9.17) is 56.5 Å². The smallest absolute Gasteiger partial charge is 0.270 e. The molecule has 1 fully saturated rings. The molecule has 4 rings (SSSR count). The Morgan fingerprint density at radius 3 is 2.45 bits per heavy atom. The van der Waals surface area contributed by atoms with Crippen molar-refractivity contribution in [1.82, 2.24) is 0 Å². The number of anilines is 1. The zero-order valence-electron chi connectivity index (χ0n) is 17.2. The van der Waals surface area contributed by atoms with Gasteiger partial charge in [-0.25, -0.2) is 0 Å². The van der Waals surface area contributed by atoms with Crippen molar-refractivity contribution >= 4 is 80.8 Å². The number of amides is 1. The molecule has 0 atom stereocenters. The van der Waals surface area contributed by atoms with E-state index < -0.39 is 0 Å². The zero-order valence-corrected chi connectivity index (χ0v) is 21.1. The molecule has 0 bridgehead atoms. The van der Waals surface area contributed by atoms with Crippen LogP contribution in [0.25, 0.3) is 6.08 Å². The number of para-hydroxylation sites is 1. The SMILES string of the molecule is COc1cccc(/C=C2\SC(=S)N(c3ccc(Cl)cc3Cl)C2=O)c1OCc1ccc(Cl)cc1. The summed E-state index contributed by atoms with van der Waals surface area (Å²) in [6.45, 7) is 0.305. The van der Waals surface area contributed by atoms with Crippen molar-refractivity contribution in [3.63, 3.8) is 0 Å². The Hall–Kier alpha value is -2.22. The highest BCUT2D eigenvalue weighted by molar-refractivity contribution is 8.27. The van der Waals surface area contributed by atoms with E-state index >= 15 is 0 Å². The highest BCUT2D eigenvalue weighted by Gasteiger charge is 2.34. The van der Waals surface area contributed by atoms with E-state index in [1.165, 1.54) is 16.7 Å². The van der Waals surface area contributed by atoms with Crippen molar-refractivity contribution in [1.29, 1.82) is 0 Å². The minimum absolute atomic E-state index is 0.277. The number of nitrogens with zero attached hydrogens (tertiary/aromatic N) is 1. The van der Waals surface area contributed by atoms with Crippen LogP contribution in [-0.2, 0) is 11.4 Å². The first-order chi connectivity index (χ1) is 15.9. The number of hydrogen-bond acceptors (Lipinski definition) is 5. The fourth-order valence-electron chi connectivity index (χ4n) is 3.18. The Labute approximate surface area is 216 Å². The van der Waals surface area contributed by atoms with Crippen LogP contribution in [-0.4, -0.2) is 17.3 Å². The van der Waals surface area contributed by atoms with Gasteiger partial charge in [0.15, 0.2) is 15.8 Å². The molecule has 0 aliphatic carbocycles. The lowest BCUT2D eigenvalue weighted by Crippen LogP contribution is -2.27. The third-order valence-electron chi connectivity index (χ3n) is 4.76. The van der Waals surface area contributed by atoms with Gasteiger partial charge in [0.2, 0.25) is 0 Å². The normalized spacial score (nSPS) is 14.8. The highest BCUT2D eigenvalue weighted by atomic mass is 35.5. The van der Waals surface area contributed by atoms with Gasteiger partial charge in [0.25, 0.3) is 5.91 Å². The van der Waals surface area contributed by atoms with Gasteiger partial charge in [-0.3, -0.25) is 9.69 Å². The lowest BCUT2D eigenvalue weighted by molar-refractivity contribution is -0.113.